The van der Waals surface area contributed by atoms with Gasteiger partial charge in [-0.25, -0.2) is 4.79 Å². The molecule has 1 aliphatic rings. The molecule has 13 heavy (non-hydrogen) atoms. The largest absolute Gasteiger partial charge is 0.478 e. The van der Waals surface area contributed by atoms with Gasteiger partial charge in [-0.15, -0.1) is 0 Å². The molecule has 1 heterocycles. The van der Waals surface area contributed by atoms with Gasteiger partial charge in [-0.2, -0.15) is 0 Å². The number of rotatable bonds is 2. The summed E-state index contributed by atoms with van der Waals surface area (Å²) in [4.78, 5) is 22.9. The van der Waals surface area contributed by atoms with Crippen LogP contribution in [0.1, 0.15) is 6.42 Å². The molecule has 0 atom stereocenters. The van der Waals surface area contributed by atoms with E-state index in [2.05, 4.69) is 5.32 Å². The van der Waals surface area contributed by atoms with Crippen LogP contribution in [0.15, 0.2) is 12.3 Å². The van der Waals surface area contributed by atoms with Gasteiger partial charge in [-0.3, -0.25) is 4.79 Å². The van der Waals surface area contributed by atoms with Crippen LogP contribution >= 0.6 is 0 Å². The molecule has 0 aromatic heterocycles. The van der Waals surface area contributed by atoms with Crippen LogP contribution in [0, 0.1) is 0 Å². The molecule has 0 bridgehead atoms. The Morgan fingerprint density at radius 2 is 2.38 bits per heavy atom. The van der Waals surface area contributed by atoms with E-state index in [1.54, 1.807) is 4.90 Å². The monoisotopic (exact) mass is 184 g/mol. The van der Waals surface area contributed by atoms with Crippen LogP contribution in [0.3, 0.4) is 0 Å². The van der Waals surface area contributed by atoms with E-state index in [0.29, 0.717) is 13.1 Å². The number of amides is 1. The zero-order chi connectivity index (χ0) is 9.68. The molecule has 0 saturated carbocycles. The molecule has 0 spiro atoms. The first-order valence-corrected chi connectivity index (χ1v) is 4.10. The molecule has 1 aliphatic heterocycles. The Balaban J connectivity index is 2.48. The molecule has 2 N–H and O–H groups in total. The summed E-state index contributed by atoms with van der Waals surface area (Å²) < 4.78 is 0. The van der Waals surface area contributed by atoms with Crippen LogP contribution in [0.5, 0.6) is 0 Å². The predicted octanol–water partition coefficient (Wildman–Crippen LogP) is -0.593. The third-order valence-electron chi connectivity index (χ3n) is 1.72. The Kier molecular flexibility index (Phi) is 3.31. The summed E-state index contributed by atoms with van der Waals surface area (Å²) in [5.74, 6) is -1.06. The lowest BCUT2D eigenvalue weighted by atomic mass is 10.4. The van der Waals surface area contributed by atoms with Gasteiger partial charge in [0, 0.05) is 25.4 Å². The molecule has 1 rings (SSSR count). The highest BCUT2D eigenvalue weighted by atomic mass is 16.4. The number of nitrogens with zero attached hydrogens (tertiary/aromatic N) is 1. The summed E-state index contributed by atoms with van der Waals surface area (Å²) >= 11 is 0. The van der Waals surface area contributed by atoms with Crippen molar-refractivity contribution in [1.29, 1.82) is 0 Å². The van der Waals surface area contributed by atoms with Gasteiger partial charge in [0.15, 0.2) is 0 Å². The molecule has 0 aromatic carbocycles. The maximum atomic E-state index is 11.0. The molecule has 0 radical (unpaired) electrons. The Hall–Kier alpha value is -1.52. The average molecular weight is 184 g/mol. The van der Waals surface area contributed by atoms with Crippen molar-refractivity contribution in [3.05, 3.63) is 12.3 Å². The van der Waals surface area contributed by atoms with Crippen molar-refractivity contribution in [2.45, 2.75) is 6.42 Å². The molecule has 0 unspecified atom stereocenters. The SMILES string of the molecule is O=C(O)/C=C/N1CCCNC(=O)C1. The third kappa shape index (κ3) is 3.59. The lowest BCUT2D eigenvalue weighted by molar-refractivity contribution is -0.131. The quantitative estimate of drug-likeness (QED) is 0.562. The number of hydrogen-bond acceptors (Lipinski definition) is 3. The van der Waals surface area contributed by atoms with E-state index in [9.17, 15) is 9.59 Å². The van der Waals surface area contributed by atoms with Gasteiger partial charge in [0.25, 0.3) is 0 Å². The summed E-state index contributed by atoms with van der Waals surface area (Å²) in [6.07, 6.45) is 3.32. The van der Waals surface area contributed by atoms with Crippen LogP contribution in [-0.4, -0.2) is 41.5 Å². The number of hydrogen-bond donors (Lipinski definition) is 2. The molecular formula is C8H12N2O3. The van der Waals surface area contributed by atoms with Crippen molar-refractivity contribution in [3.63, 3.8) is 0 Å². The van der Waals surface area contributed by atoms with E-state index in [1.807, 2.05) is 0 Å². The van der Waals surface area contributed by atoms with Gasteiger partial charge in [-0.05, 0) is 6.42 Å². The smallest absolute Gasteiger partial charge is 0.329 e. The van der Waals surface area contributed by atoms with Crippen molar-refractivity contribution in [1.82, 2.24) is 10.2 Å². The molecule has 5 heteroatoms. The van der Waals surface area contributed by atoms with E-state index in [-0.39, 0.29) is 12.5 Å². The number of aliphatic carboxylic acids is 1. The number of nitrogens with one attached hydrogen (secondary N) is 1. The van der Waals surface area contributed by atoms with Crippen molar-refractivity contribution >= 4 is 11.9 Å². The number of carbonyl (C=O) groups excluding carboxylic acids is 1. The summed E-state index contributed by atoms with van der Waals surface area (Å²) in [5.41, 5.74) is 0. The van der Waals surface area contributed by atoms with Gasteiger partial charge >= 0.3 is 5.97 Å². The van der Waals surface area contributed by atoms with E-state index < -0.39 is 5.97 Å². The molecule has 0 aliphatic carbocycles. The van der Waals surface area contributed by atoms with Crippen molar-refractivity contribution in [2.24, 2.45) is 0 Å². The van der Waals surface area contributed by atoms with E-state index in [4.69, 9.17) is 5.11 Å². The van der Waals surface area contributed by atoms with E-state index in [0.717, 1.165) is 12.5 Å². The highest BCUT2D eigenvalue weighted by Crippen LogP contribution is 1.96. The predicted molar refractivity (Wildman–Crippen MR) is 46.0 cm³/mol. The summed E-state index contributed by atoms with van der Waals surface area (Å²) in [6.45, 7) is 1.61. The van der Waals surface area contributed by atoms with Gasteiger partial charge < -0.3 is 15.3 Å². The first-order valence-electron chi connectivity index (χ1n) is 4.10. The van der Waals surface area contributed by atoms with Crippen molar-refractivity contribution in [2.75, 3.05) is 19.6 Å². The molecule has 5 nitrogen and oxygen atoms in total. The molecule has 1 saturated heterocycles. The third-order valence-corrected chi connectivity index (χ3v) is 1.72. The molecule has 1 fully saturated rings. The Labute approximate surface area is 76.0 Å². The number of carboxylic acids is 1. The maximum absolute atomic E-state index is 11.0. The highest BCUT2D eigenvalue weighted by molar-refractivity contribution is 5.80. The second-order valence-electron chi connectivity index (χ2n) is 2.83. The van der Waals surface area contributed by atoms with Crippen LogP contribution < -0.4 is 5.32 Å². The standard InChI is InChI=1S/C8H12N2O3/c11-7-6-10(4-1-3-9-7)5-2-8(12)13/h2,5H,1,3-4,6H2,(H,9,11)(H,12,13)/b5-2+. The maximum Gasteiger partial charge on any atom is 0.329 e. The van der Waals surface area contributed by atoms with Crippen molar-refractivity contribution < 1.29 is 14.7 Å². The molecule has 72 valence electrons. The minimum atomic E-state index is -0.996. The fraction of sp³-hybridized carbons (Fsp3) is 0.500. The average Bonchev–Trinajstić information content (AvgIpc) is 2.26. The first kappa shape index (κ1) is 9.57. The van der Waals surface area contributed by atoms with Gasteiger partial charge in [0.05, 0.1) is 6.54 Å². The van der Waals surface area contributed by atoms with E-state index >= 15 is 0 Å². The van der Waals surface area contributed by atoms with Gasteiger partial charge in [0.2, 0.25) is 5.91 Å². The molecule has 0 aromatic rings. The molecule has 1 amide bonds. The van der Waals surface area contributed by atoms with Crippen LogP contribution in [0.25, 0.3) is 0 Å². The van der Waals surface area contributed by atoms with E-state index in [1.165, 1.54) is 6.20 Å². The zero-order valence-corrected chi connectivity index (χ0v) is 7.19. The summed E-state index contributed by atoms with van der Waals surface area (Å²) in [6, 6.07) is 0. The fourth-order valence-electron chi connectivity index (χ4n) is 1.13. The van der Waals surface area contributed by atoms with Crippen LogP contribution in [0.2, 0.25) is 0 Å². The van der Waals surface area contributed by atoms with Crippen LogP contribution in [-0.2, 0) is 9.59 Å². The number of carbonyl (C=O) groups is 2. The summed E-state index contributed by atoms with van der Waals surface area (Å²) in [7, 11) is 0. The number of carboxylic acid groups (broad SMARTS) is 1. The minimum absolute atomic E-state index is 0.0625. The van der Waals surface area contributed by atoms with Gasteiger partial charge in [-0.1, -0.05) is 0 Å². The lowest BCUT2D eigenvalue weighted by Crippen LogP contribution is -2.30. The normalized spacial score (nSPS) is 18.5. The van der Waals surface area contributed by atoms with Crippen molar-refractivity contribution in [3.8, 4) is 0 Å². The second-order valence-corrected chi connectivity index (χ2v) is 2.83. The minimum Gasteiger partial charge on any atom is -0.478 e. The topological polar surface area (TPSA) is 69.6 Å². The Morgan fingerprint density at radius 3 is 3.08 bits per heavy atom. The highest BCUT2D eigenvalue weighted by Gasteiger charge is 2.10. The van der Waals surface area contributed by atoms with Crippen LogP contribution in [0.4, 0.5) is 0 Å². The Morgan fingerprint density at radius 1 is 1.62 bits per heavy atom. The fourth-order valence-corrected chi connectivity index (χ4v) is 1.13. The Bertz CT molecular complexity index is 238. The van der Waals surface area contributed by atoms with Gasteiger partial charge in [0.1, 0.15) is 0 Å². The zero-order valence-electron chi connectivity index (χ0n) is 7.19. The lowest BCUT2D eigenvalue weighted by Gasteiger charge is -2.14. The first-order chi connectivity index (χ1) is 6.18. The summed E-state index contributed by atoms with van der Waals surface area (Å²) in [5, 5.41) is 11.1. The second kappa shape index (κ2) is 4.49. The molecular weight excluding hydrogens is 172 g/mol.